The number of aromatic hydroxyl groups is 3. The molecule has 9 aliphatic heterocycles. The van der Waals surface area contributed by atoms with Gasteiger partial charge in [-0.3, -0.25) is 14.7 Å². The van der Waals surface area contributed by atoms with E-state index in [2.05, 4.69) is 50.7 Å². The summed E-state index contributed by atoms with van der Waals surface area (Å²) in [6.07, 6.45) is 13.3. The molecule has 348 valence electrons. The molecule has 15 unspecified atom stereocenters. The summed E-state index contributed by atoms with van der Waals surface area (Å²) in [4.78, 5) is 19.9. The van der Waals surface area contributed by atoms with Crippen LogP contribution in [0.5, 0.6) is 17.2 Å². The zero-order valence-corrected chi connectivity index (χ0v) is 40.0. The van der Waals surface area contributed by atoms with Gasteiger partial charge in [0.15, 0.2) is 0 Å². The van der Waals surface area contributed by atoms with Crippen molar-refractivity contribution in [2.75, 3.05) is 39.3 Å². The van der Waals surface area contributed by atoms with Crippen molar-refractivity contribution in [3.63, 3.8) is 0 Å². The van der Waals surface area contributed by atoms with Crippen molar-refractivity contribution >= 4 is 43.5 Å². The van der Waals surface area contributed by atoms with Crippen molar-refractivity contribution in [3.05, 3.63) is 76.7 Å². The Morgan fingerprint density at radius 2 is 0.985 bits per heavy atom. The quantitative estimate of drug-likeness (QED) is 0.161. The van der Waals surface area contributed by atoms with E-state index in [1.54, 1.807) is 22.6 Å². The Labute approximate surface area is 393 Å². The van der Waals surface area contributed by atoms with Gasteiger partial charge < -0.3 is 24.5 Å². The van der Waals surface area contributed by atoms with Crippen molar-refractivity contribution in [1.29, 1.82) is 0 Å². The number of aromatic nitrogens is 4. The number of benzene rings is 3. The first kappa shape index (κ1) is 42.0. The molecule has 10 nitrogen and oxygen atoms in total. The van der Waals surface area contributed by atoms with Crippen LogP contribution in [0.25, 0.3) is 32.2 Å². The second kappa shape index (κ2) is 16.2. The van der Waals surface area contributed by atoms with Crippen molar-refractivity contribution in [1.82, 2.24) is 33.8 Å². The van der Waals surface area contributed by atoms with E-state index >= 15 is 0 Å². The van der Waals surface area contributed by atoms with Gasteiger partial charge in [0.1, 0.15) is 28.9 Å². The van der Waals surface area contributed by atoms with E-state index in [1.807, 2.05) is 47.7 Å². The van der Waals surface area contributed by atoms with Crippen molar-refractivity contribution in [2.24, 2.45) is 35.5 Å². The summed E-state index contributed by atoms with van der Waals surface area (Å²) < 4.78 is 6.13. The van der Waals surface area contributed by atoms with Crippen LogP contribution in [0.3, 0.4) is 0 Å². The number of imidazole rings is 2. The minimum atomic E-state index is 0.343. The van der Waals surface area contributed by atoms with Gasteiger partial charge in [0, 0.05) is 110 Å². The summed E-state index contributed by atoms with van der Waals surface area (Å²) in [5.74, 6) is 10.7. The average Bonchev–Trinajstić information content (AvgIpc) is 3.95. The highest BCUT2D eigenvalue weighted by molar-refractivity contribution is 7.19. The first-order valence-electron chi connectivity index (χ1n) is 26.1. The van der Waals surface area contributed by atoms with Gasteiger partial charge >= 0.3 is 0 Å². The number of thiophene rings is 1. The summed E-state index contributed by atoms with van der Waals surface area (Å²) in [5, 5.41) is 30.9. The summed E-state index contributed by atoms with van der Waals surface area (Å²) in [6.45, 7) is 16.4. The van der Waals surface area contributed by atoms with Crippen molar-refractivity contribution < 1.29 is 15.3 Å². The molecule has 0 radical (unpaired) electrons. The Morgan fingerprint density at radius 3 is 1.50 bits per heavy atom. The van der Waals surface area contributed by atoms with Gasteiger partial charge in [0.25, 0.3) is 0 Å². The van der Waals surface area contributed by atoms with Gasteiger partial charge in [0.2, 0.25) is 0 Å². The molecule has 0 amide bonds. The lowest BCUT2D eigenvalue weighted by Crippen LogP contribution is -2.56. The lowest BCUT2D eigenvalue weighted by molar-refractivity contribution is -0.0134. The third-order valence-corrected chi connectivity index (χ3v) is 20.2. The van der Waals surface area contributed by atoms with Crippen LogP contribution in [0.1, 0.15) is 118 Å². The van der Waals surface area contributed by atoms with E-state index < -0.39 is 0 Å². The van der Waals surface area contributed by atoms with Crippen LogP contribution in [0.2, 0.25) is 0 Å². The highest BCUT2D eigenvalue weighted by Crippen LogP contribution is 2.55. The molecule has 18 rings (SSSR count). The predicted octanol–water partition coefficient (Wildman–Crippen LogP) is 10.3. The van der Waals surface area contributed by atoms with E-state index in [-0.39, 0.29) is 0 Å². The van der Waals surface area contributed by atoms with Gasteiger partial charge in [-0.25, -0.2) is 9.97 Å². The zero-order chi connectivity index (χ0) is 44.5. The Balaban J connectivity index is 0.0000000988. The molecule has 12 bridgehead atoms. The summed E-state index contributed by atoms with van der Waals surface area (Å²) in [6, 6.07) is 19.3. The third kappa shape index (κ3) is 6.70. The van der Waals surface area contributed by atoms with E-state index in [1.165, 1.54) is 106 Å². The fraction of sp³-hybridized carbons (Fsp3) is 0.600. The lowest BCUT2D eigenvalue weighted by atomic mass is 9.66. The second-order valence-electron chi connectivity index (χ2n) is 22.3. The molecule has 12 aliphatic rings. The number of fused-ring (bicyclic) bond motifs is 12. The summed E-state index contributed by atoms with van der Waals surface area (Å²) >= 11 is 2.00. The van der Waals surface area contributed by atoms with Crippen LogP contribution in [-0.2, 0) is 19.5 Å². The molecule has 3 N–H and O–H groups in total. The van der Waals surface area contributed by atoms with Crippen LogP contribution in [0.15, 0.2) is 54.6 Å². The minimum Gasteiger partial charge on any atom is -0.508 e. The fourth-order valence-electron chi connectivity index (χ4n) is 16.4. The van der Waals surface area contributed by atoms with E-state index in [9.17, 15) is 15.3 Å². The predicted molar refractivity (Wildman–Crippen MR) is 264 cm³/mol. The number of phenols is 3. The molecule has 66 heavy (non-hydrogen) atoms. The molecule has 15 atom stereocenters. The molecule has 3 aromatic heterocycles. The van der Waals surface area contributed by atoms with E-state index in [4.69, 9.17) is 9.97 Å². The first-order valence-corrected chi connectivity index (χ1v) is 26.9. The maximum atomic E-state index is 9.89. The molecule has 3 aliphatic carbocycles. The molecule has 0 spiro atoms. The number of phenolic OH excluding ortho intramolecular Hbond substituents is 3. The SMILES string of the molecule is CCC1CC2CC3c4nc5ccc(O)cc5n4CCN(C2)C13.CCC1CC2CC3c4nc5ccc(O)cc5n4CCN(C2)C13.CCC1CC2CC3c4sc5ccc(O)cc5c4CCN(C2)C13. The molecule has 12 heterocycles. The van der Waals surface area contributed by atoms with Crippen molar-refractivity contribution in [3.8, 4) is 17.2 Å². The summed E-state index contributed by atoms with van der Waals surface area (Å²) in [5.41, 5.74) is 5.83. The largest absolute Gasteiger partial charge is 0.508 e. The molecule has 6 saturated heterocycles. The van der Waals surface area contributed by atoms with Crippen molar-refractivity contribution in [2.45, 2.75) is 134 Å². The number of nitrogens with zero attached hydrogens (tertiary/aromatic N) is 7. The first-order chi connectivity index (χ1) is 32.2. The average molecular weight is 908 g/mol. The van der Waals surface area contributed by atoms with Crippen LogP contribution in [-0.4, -0.2) is 107 Å². The normalized spacial score (nSPS) is 36.3. The lowest BCUT2D eigenvalue weighted by Gasteiger charge is -2.53. The zero-order valence-electron chi connectivity index (χ0n) is 39.2. The number of rotatable bonds is 3. The maximum absolute atomic E-state index is 9.89. The third-order valence-electron chi connectivity index (χ3n) is 18.9. The smallest absolute Gasteiger partial charge is 0.117 e. The number of hydrogen-bond donors (Lipinski definition) is 3. The van der Waals surface area contributed by atoms with E-state index in [0.29, 0.717) is 41.2 Å². The highest BCUT2D eigenvalue weighted by atomic mass is 32.1. The van der Waals surface area contributed by atoms with Gasteiger partial charge in [-0.2, -0.15) is 0 Å². The Bertz CT molecular complexity index is 2510. The molecule has 3 saturated carbocycles. The van der Waals surface area contributed by atoms with Crippen LogP contribution >= 0.6 is 11.3 Å². The van der Waals surface area contributed by atoms with Gasteiger partial charge in [0.05, 0.1) is 22.1 Å². The number of hydrogen-bond acceptors (Lipinski definition) is 9. The standard InChI is InChI=1S/C19H23NOS.2C18H23N3O/c1-2-12-7-11-8-16-18(12)20(10-11)6-5-14-15-9-13(21)3-4-17(15)22-19(14)16;2*1-2-12-7-11-8-14-17(12)20(10-11)5-6-21-16-9-13(22)3-4-15(16)19-18(14)21/h3-4,9,11-12,16,18,21H,2,5-8,10H2,1H3;2*3-4,9,11-12,14,17,22H,2,5-8,10H2,1H3. The minimum absolute atomic E-state index is 0.343. The van der Waals surface area contributed by atoms with Gasteiger partial charge in [-0.15, -0.1) is 11.3 Å². The molecule has 9 fully saturated rings. The van der Waals surface area contributed by atoms with Gasteiger partial charge in [-0.05, 0) is 134 Å². The molecular formula is C55H69N7O3S. The topological polar surface area (TPSA) is 106 Å². The van der Waals surface area contributed by atoms with E-state index in [0.717, 1.165) is 102 Å². The summed E-state index contributed by atoms with van der Waals surface area (Å²) in [7, 11) is 0. The monoisotopic (exact) mass is 908 g/mol. The molecule has 6 aromatic rings. The molecular weight excluding hydrogens is 839 g/mol. The highest BCUT2D eigenvalue weighted by Gasteiger charge is 2.51. The van der Waals surface area contributed by atoms with Crippen LogP contribution in [0, 0.1) is 35.5 Å². The molecule has 3 aromatic carbocycles. The Kier molecular flexibility index (Phi) is 10.3. The fourth-order valence-corrected chi connectivity index (χ4v) is 17.8. The second-order valence-corrected chi connectivity index (χ2v) is 23.3. The Hall–Kier alpha value is -4.16. The maximum Gasteiger partial charge on any atom is 0.117 e. The van der Waals surface area contributed by atoms with Gasteiger partial charge in [-0.1, -0.05) is 40.0 Å². The van der Waals surface area contributed by atoms with Crippen LogP contribution in [0.4, 0.5) is 0 Å². The molecule has 11 heteroatoms. The Morgan fingerprint density at radius 1 is 0.530 bits per heavy atom. The van der Waals surface area contributed by atoms with Crippen LogP contribution < -0.4 is 0 Å². The number of piperidine rings is 6.